The fourth-order valence-corrected chi connectivity index (χ4v) is 1.78. The van der Waals surface area contributed by atoms with Crippen molar-refractivity contribution in [3.8, 4) is 0 Å². The van der Waals surface area contributed by atoms with E-state index in [4.69, 9.17) is 5.11 Å². The highest BCUT2D eigenvalue weighted by molar-refractivity contribution is 9.10. The van der Waals surface area contributed by atoms with Gasteiger partial charge in [0.2, 0.25) is 0 Å². The van der Waals surface area contributed by atoms with Crippen LogP contribution in [0.4, 0.5) is 0 Å². The summed E-state index contributed by atoms with van der Waals surface area (Å²) in [6, 6.07) is 3.52. The second-order valence-corrected chi connectivity index (χ2v) is 4.28. The number of rotatable bonds is 5. The van der Waals surface area contributed by atoms with Crippen LogP contribution in [0.15, 0.2) is 22.8 Å². The lowest BCUT2D eigenvalue weighted by Crippen LogP contribution is -2.35. The number of pyridine rings is 1. The summed E-state index contributed by atoms with van der Waals surface area (Å²) >= 11 is 3.27. The Morgan fingerprint density at radius 3 is 3.00 bits per heavy atom. The number of hydrogen-bond donors (Lipinski definition) is 2. The molecule has 1 aromatic heterocycles. The van der Waals surface area contributed by atoms with Gasteiger partial charge in [0.05, 0.1) is 0 Å². The fraction of sp³-hybridized carbons (Fsp3) is 0.455. The average Bonchev–Trinajstić information content (AvgIpc) is 2.28. The summed E-state index contributed by atoms with van der Waals surface area (Å²) in [5, 5.41) is 11.7. The van der Waals surface area contributed by atoms with Crippen LogP contribution in [-0.4, -0.2) is 28.6 Å². The summed E-state index contributed by atoms with van der Waals surface area (Å²) in [4.78, 5) is 15.8. The Morgan fingerprint density at radius 2 is 2.44 bits per heavy atom. The summed E-state index contributed by atoms with van der Waals surface area (Å²) in [5.74, 6) is -0.215. The highest BCUT2D eigenvalue weighted by atomic mass is 79.9. The highest BCUT2D eigenvalue weighted by Gasteiger charge is 2.14. The quantitative estimate of drug-likeness (QED) is 0.867. The molecule has 0 radical (unpaired) electrons. The summed E-state index contributed by atoms with van der Waals surface area (Å²) in [6.07, 6.45) is 2.93. The van der Waals surface area contributed by atoms with Crippen LogP contribution >= 0.6 is 15.9 Å². The Bertz CT molecular complexity index is 358. The van der Waals surface area contributed by atoms with Gasteiger partial charge in [-0.3, -0.25) is 4.79 Å². The van der Waals surface area contributed by atoms with E-state index in [2.05, 4.69) is 26.2 Å². The molecule has 0 aromatic carbocycles. The van der Waals surface area contributed by atoms with Crippen LogP contribution in [0.5, 0.6) is 0 Å². The third-order valence-electron chi connectivity index (χ3n) is 2.28. The lowest BCUT2D eigenvalue weighted by atomic mass is 10.1. The van der Waals surface area contributed by atoms with Gasteiger partial charge in [-0.25, -0.2) is 4.98 Å². The zero-order valence-corrected chi connectivity index (χ0v) is 10.7. The van der Waals surface area contributed by atoms with Gasteiger partial charge in [0, 0.05) is 23.3 Å². The molecule has 1 amide bonds. The van der Waals surface area contributed by atoms with Gasteiger partial charge in [0.15, 0.2) is 0 Å². The predicted molar refractivity (Wildman–Crippen MR) is 65.2 cm³/mol. The molecule has 0 aliphatic rings. The lowest BCUT2D eigenvalue weighted by molar-refractivity contribution is 0.0923. The van der Waals surface area contributed by atoms with Gasteiger partial charge < -0.3 is 10.4 Å². The Hall–Kier alpha value is -0.940. The number of amides is 1. The number of aliphatic hydroxyl groups is 1. The van der Waals surface area contributed by atoms with Gasteiger partial charge in [-0.05, 0) is 40.9 Å². The molecule has 4 nitrogen and oxygen atoms in total. The Labute approximate surface area is 103 Å². The van der Waals surface area contributed by atoms with Crippen molar-refractivity contribution in [3.05, 3.63) is 28.5 Å². The molecule has 2 N–H and O–H groups in total. The standard InChI is InChI=1S/C11H15BrN2O2/c1-2-8(5-7-15)14-11(16)10-9(12)4-3-6-13-10/h3-4,6,8,15H,2,5,7H2,1H3,(H,14,16). The third-order valence-corrected chi connectivity index (χ3v) is 2.92. The molecule has 0 saturated carbocycles. The van der Waals surface area contributed by atoms with Crippen LogP contribution in [0.25, 0.3) is 0 Å². The van der Waals surface area contributed by atoms with E-state index in [1.54, 1.807) is 18.3 Å². The van der Waals surface area contributed by atoms with Crippen LogP contribution < -0.4 is 5.32 Å². The number of halogens is 1. The van der Waals surface area contributed by atoms with Crippen LogP contribution in [0.3, 0.4) is 0 Å². The van der Waals surface area contributed by atoms with E-state index in [-0.39, 0.29) is 18.6 Å². The van der Waals surface area contributed by atoms with Gasteiger partial charge in [0.25, 0.3) is 5.91 Å². The second-order valence-electron chi connectivity index (χ2n) is 3.42. The Kier molecular flexibility index (Phi) is 5.42. The molecular formula is C11H15BrN2O2. The van der Waals surface area contributed by atoms with Crippen LogP contribution in [0, 0.1) is 0 Å². The molecular weight excluding hydrogens is 272 g/mol. The van der Waals surface area contributed by atoms with Crippen molar-refractivity contribution >= 4 is 21.8 Å². The average molecular weight is 287 g/mol. The number of aliphatic hydroxyl groups excluding tert-OH is 1. The van der Waals surface area contributed by atoms with Crippen LogP contribution in [0.1, 0.15) is 30.3 Å². The van der Waals surface area contributed by atoms with Crippen molar-refractivity contribution in [1.82, 2.24) is 10.3 Å². The van der Waals surface area contributed by atoms with Gasteiger partial charge in [-0.15, -0.1) is 0 Å². The zero-order valence-electron chi connectivity index (χ0n) is 9.11. The molecule has 88 valence electrons. The lowest BCUT2D eigenvalue weighted by Gasteiger charge is -2.15. The smallest absolute Gasteiger partial charge is 0.271 e. The van der Waals surface area contributed by atoms with Gasteiger partial charge in [0.1, 0.15) is 5.69 Å². The van der Waals surface area contributed by atoms with E-state index in [9.17, 15) is 4.79 Å². The Balaban J connectivity index is 2.68. The molecule has 1 atom stereocenters. The number of carbonyl (C=O) groups is 1. The van der Waals surface area contributed by atoms with E-state index in [0.717, 1.165) is 6.42 Å². The van der Waals surface area contributed by atoms with Crippen molar-refractivity contribution < 1.29 is 9.90 Å². The molecule has 1 heterocycles. The van der Waals surface area contributed by atoms with Crippen molar-refractivity contribution in [2.75, 3.05) is 6.61 Å². The fourth-order valence-electron chi connectivity index (χ4n) is 1.34. The van der Waals surface area contributed by atoms with Crippen LogP contribution in [-0.2, 0) is 0 Å². The number of nitrogens with zero attached hydrogens (tertiary/aromatic N) is 1. The largest absolute Gasteiger partial charge is 0.396 e. The Morgan fingerprint density at radius 1 is 1.69 bits per heavy atom. The van der Waals surface area contributed by atoms with E-state index in [1.165, 1.54) is 0 Å². The minimum Gasteiger partial charge on any atom is -0.396 e. The van der Waals surface area contributed by atoms with E-state index < -0.39 is 0 Å². The van der Waals surface area contributed by atoms with Gasteiger partial charge >= 0.3 is 0 Å². The summed E-state index contributed by atoms with van der Waals surface area (Å²) in [5.41, 5.74) is 0.374. The molecule has 0 saturated heterocycles. The van der Waals surface area contributed by atoms with Crippen molar-refractivity contribution in [2.45, 2.75) is 25.8 Å². The first kappa shape index (κ1) is 13.1. The molecule has 5 heteroatoms. The van der Waals surface area contributed by atoms with Crippen molar-refractivity contribution in [3.63, 3.8) is 0 Å². The minimum atomic E-state index is -0.215. The third kappa shape index (κ3) is 3.57. The normalized spacial score (nSPS) is 12.2. The molecule has 0 spiro atoms. The number of carbonyl (C=O) groups excluding carboxylic acids is 1. The van der Waals surface area contributed by atoms with Crippen molar-refractivity contribution in [1.29, 1.82) is 0 Å². The first-order chi connectivity index (χ1) is 7.69. The SMILES string of the molecule is CCC(CCO)NC(=O)c1ncccc1Br. The maximum Gasteiger partial charge on any atom is 0.271 e. The maximum atomic E-state index is 11.8. The summed E-state index contributed by atoms with van der Waals surface area (Å²) in [7, 11) is 0. The molecule has 1 unspecified atom stereocenters. The number of nitrogens with one attached hydrogen (secondary N) is 1. The van der Waals surface area contributed by atoms with Crippen LogP contribution in [0.2, 0.25) is 0 Å². The zero-order chi connectivity index (χ0) is 12.0. The summed E-state index contributed by atoms with van der Waals surface area (Å²) < 4.78 is 0.673. The predicted octanol–water partition coefficient (Wildman–Crippen LogP) is 1.73. The first-order valence-electron chi connectivity index (χ1n) is 5.21. The van der Waals surface area contributed by atoms with Gasteiger partial charge in [-0.2, -0.15) is 0 Å². The van der Waals surface area contributed by atoms with Gasteiger partial charge in [-0.1, -0.05) is 6.92 Å². The molecule has 0 aliphatic carbocycles. The second kappa shape index (κ2) is 6.60. The maximum absolute atomic E-state index is 11.8. The van der Waals surface area contributed by atoms with E-state index >= 15 is 0 Å². The molecule has 0 fully saturated rings. The first-order valence-corrected chi connectivity index (χ1v) is 6.00. The molecule has 1 rings (SSSR count). The van der Waals surface area contributed by atoms with E-state index in [1.807, 2.05) is 6.92 Å². The topological polar surface area (TPSA) is 62.2 Å². The molecule has 0 aliphatic heterocycles. The minimum absolute atomic E-state index is 0.00796. The summed E-state index contributed by atoms with van der Waals surface area (Å²) in [6.45, 7) is 2.04. The monoisotopic (exact) mass is 286 g/mol. The number of hydrogen-bond acceptors (Lipinski definition) is 3. The number of aromatic nitrogens is 1. The van der Waals surface area contributed by atoms with Crippen molar-refractivity contribution in [2.24, 2.45) is 0 Å². The molecule has 1 aromatic rings. The molecule has 0 bridgehead atoms. The molecule has 16 heavy (non-hydrogen) atoms. The highest BCUT2D eigenvalue weighted by Crippen LogP contribution is 2.13. The van der Waals surface area contributed by atoms with E-state index in [0.29, 0.717) is 16.6 Å².